The molecule has 0 aliphatic heterocycles. The monoisotopic (exact) mass is 272 g/mol. The lowest BCUT2D eigenvalue weighted by molar-refractivity contribution is -0.138. The lowest BCUT2D eigenvalue weighted by Crippen LogP contribution is -2.34. The van der Waals surface area contributed by atoms with E-state index in [2.05, 4.69) is 0 Å². The molecule has 100 valence electrons. The second-order valence-corrected chi connectivity index (χ2v) is 4.82. The van der Waals surface area contributed by atoms with Gasteiger partial charge >= 0.3 is 5.97 Å². The zero-order valence-corrected chi connectivity index (χ0v) is 10.9. The van der Waals surface area contributed by atoms with E-state index in [9.17, 15) is 9.59 Å². The second kappa shape index (κ2) is 7.07. The number of carboxylic acids is 1. The predicted octanol–water partition coefficient (Wildman–Crippen LogP) is 0.383. The molecule has 0 unspecified atom stereocenters. The largest absolute Gasteiger partial charge is 0.480 e. The summed E-state index contributed by atoms with van der Waals surface area (Å²) >= 11 is 1.21. The van der Waals surface area contributed by atoms with Crippen LogP contribution >= 0.6 is 11.8 Å². The summed E-state index contributed by atoms with van der Waals surface area (Å²) in [4.78, 5) is 23.7. The quantitative estimate of drug-likeness (QED) is 0.745. The minimum Gasteiger partial charge on any atom is -0.480 e. The molecule has 0 aliphatic rings. The third kappa shape index (κ3) is 4.80. The third-order valence-corrected chi connectivity index (χ3v) is 3.28. The highest BCUT2D eigenvalue weighted by Crippen LogP contribution is 2.07. The third-order valence-electron chi connectivity index (χ3n) is 2.24. The number of furan rings is 1. The molecule has 1 rings (SSSR count). The summed E-state index contributed by atoms with van der Waals surface area (Å²) in [5.41, 5.74) is 5.33. The van der Waals surface area contributed by atoms with Gasteiger partial charge < -0.3 is 20.2 Å². The number of amides is 1. The molecule has 0 bridgehead atoms. The van der Waals surface area contributed by atoms with Gasteiger partial charge in [-0.1, -0.05) is 0 Å². The van der Waals surface area contributed by atoms with E-state index >= 15 is 0 Å². The molecule has 0 saturated carbocycles. The SMILES string of the molecule is CN(Cc1ccco1)C(=O)CSC[C@@H](N)C(=O)O. The molecule has 7 heteroatoms. The number of carbonyl (C=O) groups excluding carboxylic acids is 1. The number of nitrogens with zero attached hydrogens (tertiary/aromatic N) is 1. The molecule has 1 aromatic rings. The van der Waals surface area contributed by atoms with Gasteiger partial charge in [-0.3, -0.25) is 9.59 Å². The Hall–Kier alpha value is -1.47. The van der Waals surface area contributed by atoms with E-state index in [0.717, 1.165) is 0 Å². The van der Waals surface area contributed by atoms with Gasteiger partial charge in [0.05, 0.1) is 18.6 Å². The maximum Gasteiger partial charge on any atom is 0.321 e. The van der Waals surface area contributed by atoms with Gasteiger partial charge in [0.25, 0.3) is 0 Å². The Kier molecular flexibility index (Phi) is 5.73. The molecule has 0 aliphatic carbocycles. The van der Waals surface area contributed by atoms with E-state index in [0.29, 0.717) is 12.3 Å². The molecule has 0 saturated heterocycles. The summed E-state index contributed by atoms with van der Waals surface area (Å²) in [6, 6.07) is 2.61. The van der Waals surface area contributed by atoms with Crippen molar-refractivity contribution < 1.29 is 19.1 Å². The van der Waals surface area contributed by atoms with Crippen LogP contribution in [0.3, 0.4) is 0 Å². The van der Waals surface area contributed by atoms with Crippen LogP contribution < -0.4 is 5.73 Å². The fraction of sp³-hybridized carbons (Fsp3) is 0.455. The highest BCUT2D eigenvalue weighted by molar-refractivity contribution is 8.00. The van der Waals surface area contributed by atoms with Gasteiger partial charge in [-0.2, -0.15) is 0 Å². The van der Waals surface area contributed by atoms with Gasteiger partial charge in [-0.05, 0) is 12.1 Å². The van der Waals surface area contributed by atoms with E-state index in [1.54, 1.807) is 25.4 Å². The van der Waals surface area contributed by atoms with Crippen LogP contribution in [0.15, 0.2) is 22.8 Å². The standard InChI is InChI=1S/C11H16N2O4S/c1-13(5-8-3-2-4-17-8)10(14)7-18-6-9(12)11(15)16/h2-4,9H,5-7,12H2,1H3,(H,15,16)/t9-/m1/s1. The van der Waals surface area contributed by atoms with Crippen molar-refractivity contribution in [3.63, 3.8) is 0 Å². The van der Waals surface area contributed by atoms with Crippen molar-refractivity contribution in [2.45, 2.75) is 12.6 Å². The predicted molar refractivity (Wildman–Crippen MR) is 68.1 cm³/mol. The van der Waals surface area contributed by atoms with E-state index in [-0.39, 0.29) is 17.4 Å². The van der Waals surface area contributed by atoms with Gasteiger partial charge in [0.2, 0.25) is 5.91 Å². The smallest absolute Gasteiger partial charge is 0.321 e. The summed E-state index contributed by atoms with van der Waals surface area (Å²) < 4.78 is 5.13. The molecular formula is C11H16N2O4S. The van der Waals surface area contributed by atoms with Gasteiger partial charge in [-0.25, -0.2) is 0 Å². The van der Waals surface area contributed by atoms with Gasteiger partial charge in [0, 0.05) is 12.8 Å². The Morgan fingerprint density at radius 1 is 1.61 bits per heavy atom. The fourth-order valence-corrected chi connectivity index (χ4v) is 2.09. The Morgan fingerprint density at radius 3 is 2.89 bits per heavy atom. The lowest BCUT2D eigenvalue weighted by atomic mass is 10.4. The van der Waals surface area contributed by atoms with Crippen LogP contribution in [0.4, 0.5) is 0 Å². The molecule has 1 atom stereocenters. The summed E-state index contributed by atoms with van der Waals surface area (Å²) in [6.07, 6.45) is 1.55. The van der Waals surface area contributed by atoms with Gasteiger partial charge in [-0.15, -0.1) is 11.8 Å². The number of rotatable bonds is 7. The average Bonchev–Trinajstić information content (AvgIpc) is 2.81. The minimum absolute atomic E-state index is 0.0889. The average molecular weight is 272 g/mol. The number of carboxylic acid groups (broad SMARTS) is 1. The summed E-state index contributed by atoms with van der Waals surface area (Å²) in [5, 5.41) is 8.58. The molecule has 1 aromatic heterocycles. The summed E-state index contributed by atoms with van der Waals surface area (Å²) in [6.45, 7) is 0.400. The van der Waals surface area contributed by atoms with Crippen LogP contribution in [-0.2, 0) is 16.1 Å². The van der Waals surface area contributed by atoms with Crippen LogP contribution in [0.25, 0.3) is 0 Å². The number of hydrogen-bond donors (Lipinski definition) is 2. The first kappa shape index (κ1) is 14.6. The highest BCUT2D eigenvalue weighted by atomic mass is 32.2. The molecule has 0 fully saturated rings. The number of nitrogens with two attached hydrogens (primary N) is 1. The van der Waals surface area contributed by atoms with Crippen molar-refractivity contribution in [2.24, 2.45) is 5.73 Å². The molecule has 3 N–H and O–H groups in total. The molecule has 6 nitrogen and oxygen atoms in total. The Labute approximate surface area is 109 Å². The first-order valence-corrected chi connectivity index (χ1v) is 6.48. The van der Waals surface area contributed by atoms with Crippen molar-refractivity contribution in [1.29, 1.82) is 0 Å². The number of hydrogen-bond acceptors (Lipinski definition) is 5. The Morgan fingerprint density at radius 2 is 2.33 bits per heavy atom. The van der Waals surface area contributed by atoms with Crippen LogP contribution in [-0.4, -0.2) is 46.5 Å². The maximum absolute atomic E-state index is 11.7. The first-order valence-electron chi connectivity index (χ1n) is 5.33. The van der Waals surface area contributed by atoms with E-state index < -0.39 is 12.0 Å². The van der Waals surface area contributed by atoms with Crippen LogP contribution in [0.1, 0.15) is 5.76 Å². The first-order chi connectivity index (χ1) is 8.50. The summed E-state index contributed by atoms with van der Waals surface area (Å²) in [7, 11) is 1.67. The number of carbonyl (C=O) groups is 2. The molecule has 1 amide bonds. The minimum atomic E-state index is -1.06. The Balaban J connectivity index is 2.26. The number of thioether (sulfide) groups is 1. The zero-order valence-electron chi connectivity index (χ0n) is 10.0. The van der Waals surface area contributed by atoms with Crippen molar-refractivity contribution in [1.82, 2.24) is 4.90 Å². The van der Waals surface area contributed by atoms with Crippen LogP contribution in [0.5, 0.6) is 0 Å². The second-order valence-electron chi connectivity index (χ2n) is 3.79. The van der Waals surface area contributed by atoms with Gasteiger partial charge in [0.1, 0.15) is 11.8 Å². The topological polar surface area (TPSA) is 96.8 Å². The Bertz CT molecular complexity index is 394. The molecule has 0 aromatic carbocycles. The van der Waals surface area contributed by atoms with Crippen LogP contribution in [0.2, 0.25) is 0 Å². The highest BCUT2D eigenvalue weighted by Gasteiger charge is 2.14. The normalized spacial score (nSPS) is 12.1. The molecule has 0 spiro atoms. The van der Waals surface area contributed by atoms with Crippen molar-refractivity contribution in [2.75, 3.05) is 18.6 Å². The van der Waals surface area contributed by atoms with E-state index in [1.165, 1.54) is 16.7 Å². The van der Waals surface area contributed by atoms with E-state index in [1.807, 2.05) is 0 Å². The van der Waals surface area contributed by atoms with Crippen molar-refractivity contribution in [3.8, 4) is 0 Å². The molecular weight excluding hydrogens is 256 g/mol. The molecule has 0 radical (unpaired) electrons. The van der Waals surface area contributed by atoms with Gasteiger partial charge in [0.15, 0.2) is 0 Å². The van der Waals surface area contributed by atoms with E-state index in [4.69, 9.17) is 15.3 Å². The number of aliphatic carboxylic acids is 1. The van der Waals surface area contributed by atoms with Crippen molar-refractivity contribution >= 4 is 23.6 Å². The fourth-order valence-electron chi connectivity index (χ4n) is 1.18. The lowest BCUT2D eigenvalue weighted by Gasteiger charge is -2.15. The summed E-state index contributed by atoms with van der Waals surface area (Å²) in [5.74, 6) is -0.0145. The molecule has 18 heavy (non-hydrogen) atoms. The van der Waals surface area contributed by atoms with Crippen molar-refractivity contribution in [3.05, 3.63) is 24.2 Å². The zero-order chi connectivity index (χ0) is 13.5. The maximum atomic E-state index is 11.7. The molecule has 1 heterocycles. The van der Waals surface area contributed by atoms with Crippen LogP contribution in [0, 0.1) is 0 Å².